The van der Waals surface area contributed by atoms with Crippen LogP contribution in [-0.2, 0) is 0 Å². The smallest absolute Gasteiger partial charge is 0.168 e. The molecule has 0 spiro atoms. The van der Waals surface area contributed by atoms with E-state index in [9.17, 15) is 0 Å². The summed E-state index contributed by atoms with van der Waals surface area (Å²) in [7, 11) is 0. The van der Waals surface area contributed by atoms with Gasteiger partial charge in [-0.3, -0.25) is 5.10 Å². The largest absolute Gasteiger partial charge is 0.261 e. The second-order valence-electron chi connectivity index (χ2n) is 3.63. The van der Waals surface area contributed by atoms with Crippen molar-refractivity contribution in [2.75, 3.05) is 0 Å². The summed E-state index contributed by atoms with van der Waals surface area (Å²) in [4.78, 5) is 8.64. The average Bonchev–Trinajstić information content (AvgIpc) is 2.84. The van der Waals surface area contributed by atoms with E-state index in [2.05, 4.69) is 25.3 Å². The molecule has 1 N–H and O–H groups in total. The molecule has 80 valence electrons. The average molecular weight is 214 g/mol. The van der Waals surface area contributed by atoms with E-state index >= 15 is 0 Å². The van der Waals surface area contributed by atoms with Crippen LogP contribution < -0.4 is 0 Å². The van der Waals surface area contributed by atoms with E-state index in [1.54, 1.807) is 10.9 Å². The summed E-state index contributed by atoms with van der Waals surface area (Å²) < 4.78 is 1.74. The molecule has 6 nitrogen and oxygen atoms in total. The second-order valence-corrected chi connectivity index (χ2v) is 3.63. The van der Waals surface area contributed by atoms with Gasteiger partial charge in [0.05, 0.1) is 17.3 Å². The highest BCUT2D eigenvalue weighted by Gasteiger charge is 2.09. The van der Waals surface area contributed by atoms with Gasteiger partial charge in [0.15, 0.2) is 11.5 Å². The van der Waals surface area contributed by atoms with Crippen LogP contribution in [0, 0.1) is 13.8 Å². The minimum atomic E-state index is 0.694. The van der Waals surface area contributed by atoms with E-state index in [-0.39, 0.29) is 0 Å². The Balaban J connectivity index is 2.33. The van der Waals surface area contributed by atoms with Gasteiger partial charge in [0.1, 0.15) is 5.82 Å². The molecule has 0 unspecified atom stereocenters. The number of hydrogen-bond donors (Lipinski definition) is 1. The fraction of sp³-hybridized carbons (Fsp3) is 0.200. The molecule has 6 heteroatoms. The van der Waals surface area contributed by atoms with Crippen molar-refractivity contribution in [1.29, 1.82) is 0 Å². The van der Waals surface area contributed by atoms with Crippen LogP contribution in [0.2, 0.25) is 0 Å². The van der Waals surface area contributed by atoms with Gasteiger partial charge < -0.3 is 0 Å². The minimum absolute atomic E-state index is 0.694. The number of fused-ring (bicyclic) bond motifs is 1. The van der Waals surface area contributed by atoms with Crippen molar-refractivity contribution in [2.45, 2.75) is 13.8 Å². The lowest BCUT2D eigenvalue weighted by Crippen LogP contribution is -2.02. The number of rotatable bonds is 1. The van der Waals surface area contributed by atoms with Gasteiger partial charge in [-0.05, 0) is 19.9 Å². The molecule has 0 saturated heterocycles. The maximum absolute atomic E-state index is 4.39. The van der Waals surface area contributed by atoms with Gasteiger partial charge in [-0.2, -0.15) is 10.2 Å². The zero-order valence-electron chi connectivity index (χ0n) is 8.97. The standard InChI is InChI=1S/C10H10N6/c1-6-3-4-16(15-6)10-8-5-11-14-9(8)12-7(2)13-10/h3-5H,1-2H3,(H,11,12,13,14). The second kappa shape index (κ2) is 3.13. The lowest BCUT2D eigenvalue weighted by molar-refractivity contribution is 0.828. The van der Waals surface area contributed by atoms with Crippen molar-refractivity contribution in [1.82, 2.24) is 29.9 Å². The van der Waals surface area contributed by atoms with Gasteiger partial charge in [0.25, 0.3) is 0 Å². The number of hydrogen-bond acceptors (Lipinski definition) is 4. The fourth-order valence-corrected chi connectivity index (χ4v) is 1.64. The van der Waals surface area contributed by atoms with Crippen molar-refractivity contribution >= 4 is 11.0 Å². The molecule has 3 heterocycles. The summed E-state index contributed by atoms with van der Waals surface area (Å²) in [6.07, 6.45) is 3.59. The first-order valence-electron chi connectivity index (χ1n) is 4.94. The first-order valence-corrected chi connectivity index (χ1v) is 4.94. The lowest BCUT2D eigenvalue weighted by Gasteiger charge is -2.02. The number of aromatic nitrogens is 6. The van der Waals surface area contributed by atoms with Crippen LogP contribution in [0.3, 0.4) is 0 Å². The fourth-order valence-electron chi connectivity index (χ4n) is 1.64. The summed E-state index contributed by atoms with van der Waals surface area (Å²) in [5.74, 6) is 1.45. The molecule has 0 atom stereocenters. The predicted molar refractivity (Wildman–Crippen MR) is 58.3 cm³/mol. The Morgan fingerprint density at radius 3 is 2.88 bits per heavy atom. The van der Waals surface area contributed by atoms with Crippen LogP contribution in [0.4, 0.5) is 0 Å². The molecule has 0 bridgehead atoms. The van der Waals surface area contributed by atoms with Gasteiger partial charge in [0.2, 0.25) is 0 Å². The summed E-state index contributed by atoms with van der Waals surface area (Å²) in [6.45, 7) is 3.79. The third-order valence-corrected chi connectivity index (χ3v) is 2.34. The Morgan fingerprint density at radius 1 is 1.25 bits per heavy atom. The molecular weight excluding hydrogens is 204 g/mol. The van der Waals surface area contributed by atoms with Crippen molar-refractivity contribution < 1.29 is 0 Å². The van der Waals surface area contributed by atoms with Crippen LogP contribution in [0.25, 0.3) is 16.9 Å². The van der Waals surface area contributed by atoms with E-state index in [4.69, 9.17) is 0 Å². The van der Waals surface area contributed by atoms with E-state index in [0.717, 1.165) is 22.5 Å². The SMILES string of the molecule is Cc1ccn(-c2nc(C)nc3[nH]ncc23)n1. The zero-order chi connectivity index (χ0) is 11.1. The van der Waals surface area contributed by atoms with Crippen molar-refractivity contribution in [3.8, 4) is 5.82 Å². The van der Waals surface area contributed by atoms with Crippen LogP contribution in [0.5, 0.6) is 0 Å². The molecule has 0 aliphatic heterocycles. The van der Waals surface area contributed by atoms with Gasteiger partial charge in [-0.15, -0.1) is 0 Å². The third-order valence-electron chi connectivity index (χ3n) is 2.34. The molecule has 0 aliphatic carbocycles. The Hall–Kier alpha value is -2.24. The summed E-state index contributed by atoms with van der Waals surface area (Å²) in [5.41, 5.74) is 1.68. The van der Waals surface area contributed by atoms with Crippen molar-refractivity contribution in [2.24, 2.45) is 0 Å². The molecule has 16 heavy (non-hydrogen) atoms. The highest BCUT2D eigenvalue weighted by molar-refractivity contribution is 5.81. The maximum Gasteiger partial charge on any atom is 0.168 e. The molecule has 3 aromatic rings. The lowest BCUT2D eigenvalue weighted by atomic mass is 10.4. The van der Waals surface area contributed by atoms with E-state index in [1.165, 1.54) is 0 Å². The molecule has 3 aromatic heterocycles. The minimum Gasteiger partial charge on any atom is -0.261 e. The first-order chi connectivity index (χ1) is 7.74. The summed E-state index contributed by atoms with van der Waals surface area (Å²) >= 11 is 0. The number of H-pyrrole nitrogens is 1. The van der Waals surface area contributed by atoms with Crippen LogP contribution in [0.15, 0.2) is 18.5 Å². The molecule has 0 fully saturated rings. The topological polar surface area (TPSA) is 72.3 Å². The van der Waals surface area contributed by atoms with E-state index in [1.807, 2.05) is 26.1 Å². The molecule has 0 saturated carbocycles. The predicted octanol–water partition coefficient (Wildman–Crippen LogP) is 1.16. The van der Waals surface area contributed by atoms with Gasteiger partial charge in [-0.25, -0.2) is 14.6 Å². The number of aromatic amines is 1. The maximum atomic E-state index is 4.39. The monoisotopic (exact) mass is 214 g/mol. The summed E-state index contributed by atoms with van der Waals surface area (Å²) in [5, 5.41) is 12.0. The van der Waals surface area contributed by atoms with Gasteiger partial charge >= 0.3 is 0 Å². The molecule has 0 radical (unpaired) electrons. The molecule has 0 aromatic carbocycles. The Bertz CT molecular complexity index is 650. The van der Waals surface area contributed by atoms with Crippen LogP contribution in [0.1, 0.15) is 11.5 Å². The molecular formula is C10H10N6. The number of nitrogens with one attached hydrogen (secondary N) is 1. The summed E-state index contributed by atoms with van der Waals surface area (Å²) in [6, 6.07) is 1.93. The Labute approximate surface area is 91.3 Å². The quantitative estimate of drug-likeness (QED) is 0.659. The normalized spacial score (nSPS) is 11.1. The zero-order valence-corrected chi connectivity index (χ0v) is 8.97. The molecule has 0 aliphatic rings. The number of aryl methyl sites for hydroxylation is 2. The van der Waals surface area contributed by atoms with Crippen molar-refractivity contribution in [3.63, 3.8) is 0 Å². The van der Waals surface area contributed by atoms with Crippen LogP contribution in [-0.4, -0.2) is 29.9 Å². The molecule has 0 amide bonds. The number of nitrogens with zero attached hydrogens (tertiary/aromatic N) is 5. The van der Waals surface area contributed by atoms with Crippen LogP contribution >= 0.6 is 0 Å². The van der Waals surface area contributed by atoms with Gasteiger partial charge in [0, 0.05) is 6.20 Å². The first kappa shape index (κ1) is 9.02. The molecule has 3 rings (SSSR count). The van der Waals surface area contributed by atoms with E-state index < -0.39 is 0 Å². The van der Waals surface area contributed by atoms with Gasteiger partial charge in [-0.1, -0.05) is 0 Å². The van der Waals surface area contributed by atoms with Crippen molar-refractivity contribution in [3.05, 3.63) is 30.0 Å². The highest BCUT2D eigenvalue weighted by atomic mass is 15.3. The Kier molecular flexibility index (Phi) is 1.76. The highest BCUT2D eigenvalue weighted by Crippen LogP contribution is 2.16. The third kappa shape index (κ3) is 1.27. The Morgan fingerprint density at radius 2 is 2.12 bits per heavy atom. The van der Waals surface area contributed by atoms with E-state index in [0.29, 0.717) is 5.82 Å².